The van der Waals surface area contributed by atoms with Crippen LogP contribution in [0.2, 0.25) is 0 Å². The minimum atomic E-state index is -0.883. The lowest BCUT2D eigenvalue weighted by Crippen LogP contribution is -2.66. The molecule has 3 aromatic rings. The van der Waals surface area contributed by atoms with Gasteiger partial charge < -0.3 is 15.1 Å². The molecule has 1 aromatic heterocycles. The lowest BCUT2D eigenvalue weighted by Gasteiger charge is -2.56. The summed E-state index contributed by atoms with van der Waals surface area (Å²) in [5, 5.41) is 23.7. The highest BCUT2D eigenvalue weighted by molar-refractivity contribution is 9.10. The average Bonchev–Trinajstić information content (AvgIpc) is 3.54. The van der Waals surface area contributed by atoms with E-state index in [-0.39, 0.29) is 5.75 Å². The van der Waals surface area contributed by atoms with Gasteiger partial charge in [0.1, 0.15) is 5.75 Å². The maximum atomic E-state index is 12.3. The molecule has 2 aliphatic carbocycles. The van der Waals surface area contributed by atoms with E-state index in [0.29, 0.717) is 19.4 Å². The summed E-state index contributed by atoms with van der Waals surface area (Å²) in [6, 6.07) is 16.0. The number of hydrogen-bond acceptors (Lipinski definition) is 4. The van der Waals surface area contributed by atoms with Gasteiger partial charge in [0.15, 0.2) is 0 Å². The van der Waals surface area contributed by atoms with Gasteiger partial charge in [0, 0.05) is 46.9 Å². The molecule has 1 saturated heterocycles. The molecule has 3 aliphatic rings. The highest BCUT2D eigenvalue weighted by atomic mass is 79.9. The predicted octanol–water partition coefficient (Wildman–Crippen LogP) is 4.59. The number of halogens is 1. The molecule has 1 saturated carbocycles. The van der Waals surface area contributed by atoms with Gasteiger partial charge in [0.25, 0.3) is 0 Å². The molecule has 160 valence electrons. The smallest absolute Gasteiger partial charge is 0.115 e. The second-order valence-electron chi connectivity index (χ2n) is 9.88. The number of pyridine rings is 1. The second kappa shape index (κ2) is 7.03. The maximum Gasteiger partial charge on any atom is 0.115 e. The molecule has 0 amide bonds. The summed E-state index contributed by atoms with van der Waals surface area (Å²) >= 11 is 3.57. The third-order valence-corrected chi connectivity index (χ3v) is 8.24. The van der Waals surface area contributed by atoms with Crippen molar-refractivity contribution in [2.75, 3.05) is 19.6 Å². The zero-order chi connectivity index (χ0) is 21.2. The van der Waals surface area contributed by atoms with E-state index >= 15 is 0 Å². The zero-order valence-corrected chi connectivity index (χ0v) is 19.1. The second-order valence-corrected chi connectivity index (χ2v) is 10.8. The minimum Gasteiger partial charge on any atom is -0.508 e. The van der Waals surface area contributed by atoms with E-state index in [4.69, 9.17) is 4.98 Å². The number of β-amino-alcohol motifs (C(OH)–C–C–N with tert-alkyl or cyclic N) is 1. The summed E-state index contributed by atoms with van der Waals surface area (Å²) < 4.78 is 1.02. The number of piperidine rings is 1. The highest BCUT2D eigenvalue weighted by Gasteiger charge is 2.57. The number of hydrogen-bond donors (Lipinski definition) is 2. The van der Waals surface area contributed by atoms with E-state index in [2.05, 4.69) is 45.1 Å². The number of aromatic nitrogens is 1. The molecule has 2 aromatic carbocycles. The number of aromatic hydroxyl groups is 1. The van der Waals surface area contributed by atoms with Crippen LogP contribution < -0.4 is 0 Å². The van der Waals surface area contributed by atoms with Gasteiger partial charge in [-0.05, 0) is 73.2 Å². The first-order valence-corrected chi connectivity index (χ1v) is 12.1. The van der Waals surface area contributed by atoms with Gasteiger partial charge in [-0.25, -0.2) is 0 Å². The fraction of sp³-hybridized carbons (Fsp3) is 0.423. The van der Waals surface area contributed by atoms with Crippen molar-refractivity contribution >= 4 is 26.8 Å². The Kier molecular flexibility index (Phi) is 4.47. The highest BCUT2D eigenvalue weighted by Crippen LogP contribution is 2.51. The average molecular weight is 479 g/mol. The number of nitrogens with zero attached hydrogens (tertiary/aromatic N) is 2. The van der Waals surface area contributed by atoms with Gasteiger partial charge in [-0.15, -0.1) is 0 Å². The Morgan fingerprint density at radius 2 is 1.97 bits per heavy atom. The van der Waals surface area contributed by atoms with Crippen LogP contribution in [0.25, 0.3) is 10.9 Å². The standard InChI is InChI=1S/C26H27BrN2O2/c27-21-7-6-18-10-19-13-26(31)16-29(15-17-4-5-17)9-8-25(26,14-24(19)28-23(18)12-21)20-2-1-3-22(30)11-20/h1-3,6-7,10-12,17,30-31H,4-5,8-9,13-16H2/t25-,26-/m0/s1. The van der Waals surface area contributed by atoms with Crippen LogP contribution in [0.1, 0.15) is 36.1 Å². The Hall–Kier alpha value is -1.95. The number of likely N-dealkylation sites (tertiary alicyclic amines) is 1. The van der Waals surface area contributed by atoms with Crippen molar-refractivity contribution in [1.82, 2.24) is 9.88 Å². The van der Waals surface area contributed by atoms with Crippen LogP contribution in [0.15, 0.2) is 53.0 Å². The molecule has 4 nitrogen and oxygen atoms in total. The molecule has 2 heterocycles. The van der Waals surface area contributed by atoms with Crippen LogP contribution in [0, 0.1) is 5.92 Å². The number of phenols is 1. The molecule has 0 radical (unpaired) electrons. The van der Waals surface area contributed by atoms with Crippen molar-refractivity contribution in [3.63, 3.8) is 0 Å². The first-order valence-electron chi connectivity index (χ1n) is 11.3. The molecule has 0 bridgehead atoms. The van der Waals surface area contributed by atoms with Crippen molar-refractivity contribution in [1.29, 1.82) is 0 Å². The van der Waals surface area contributed by atoms with Crippen LogP contribution >= 0.6 is 15.9 Å². The summed E-state index contributed by atoms with van der Waals surface area (Å²) in [6.45, 7) is 2.75. The van der Waals surface area contributed by atoms with E-state index in [1.807, 2.05) is 18.2 Å². The van der Waals surface area contributed by atoms with Crippen LogP contribution in [-0.4, -0.2) is 45.3 Å². The van der Waals surface area contributed by atoms with E-state index in [1.54, 1.807) is 6.07 Å². The summed E-state index contributed by atoms with van der Waals surface area (Å²) in [5.41, 5.74) is 2.92. The fourth-order valence-electron chi connectivity index (χ4n) is 5.93. The van der Waals surface area contributed by atoms with Crippen LogP contribution in [-0.2, 0) is 18.3 Å². The molecule has 31 heavy (non-hydrogen) atoms. The maximum absolute atomic E-state index is 12.3. The number of benzene rings is 2. The van der Waals surface area contributed by atoms with E-state index in [1.165, 1.54) is 12.8 Å². The number of rotatable bonds is 3. The van der Waals surface area contributed by atoms with E-state index < -0.39 is 11.0 Å². The molecule has 2 atom stereocenters. The molecule has 1 aliphatic heterocycles. The summed E-state index contributed by atoms with van der Waals surface area (Å²) in [7, 11) is 0. The normalized spacial score (nSPS) is 28.3. The molecule has 0 unspecified atom stereocenters. The molecule has 6 rings (SSSR count). The Bertz CT molecular complexity index is 1180. The molecule has 2 fully saturated rings. The summed E-state index contributed by atoms with van der Waals surface area (Å²) in [6.07, 6.45) is 4.80. The fourth-order valence-corrected chi connectivity index (χ4v) is 6.28. The number of aliphatic hydroxyl groups is 1. The van der Waals surface area contributed by atoms with Crippen LogP contribution in [0.5, 0.6) is 5.75 Å². The Morgan fingerprint density at radius 3 is 2.77 bits per heavy atom. The van der Waals surface area contributed by atoms with Crippen molar-refractivity contribution in [2.45, 2.75) is 43.1 Å². The molecule has 2 N–H and O–H groups in total. The quantitative estimate of drug-likeness (QED) is 0.577. The third-order valence-electron chi connectivity index (χ3n) is 7.74. The van der Waals surface area contributed by atoms with Crippen molar-refractivity contribution in [2.24, 2.45) is 5.92 Å². The Balaban J connectivity index is 1.48. The Morgan fingerprint density at radius 1 is 1.10 bits per heavy atom. The SMILES string of the molecule is Oc1cccc([C@@]23CCN(CC4CC4)C[C@@]2(O)Cc2cc4ccc(Br)cc4nc2C3)c1. The van der Waals surface area contributed by atoms with Crippen molar-refractivity contribution in [3.8, 4) is 5.75 Å². The lowest BCUT2D eigenvalue weighted by atomic mass is 9.56. The van der Waals surface area contributed by atoms with Gasteiger partial charge in [-0.3, -0.25) is 4.98 Å². The zero-order valence-electron chi connectivity index (χ0n) is 17.5. The van der Waals surface area contributed by atoms with Gasteiger partial charge in [0.2, 0.25) is 0 Å². The molecule has 0 spiro atoms. The van der Waals surface area contributed by atoms with Gasteiger partial charge in [-0.1, -0.05) is 34.1 Å². The molecular formula is C26H27BrN2O2. The van der Waals surface area contributed by atoms with Gasteiger partial charge >= 0.3 is 0 Å². The molecule has 5 heteroatoms. The lowest BCUT2D eigenvalue weighted by molar-refractivity contribution is -0.104. The van der Waals surface area contributed by atoms with Crippen LogP contribution in [0.4, 0.5) is 0 Å². The summed E-state index contributed by atoms with van der Waals surface area (Å²) in [4.78, 5) is 7.52. The first-order chi connectivity index (χ1) is 14.9. The Labute approximate surface area is 191 Å². The number of phenolic OH excluding ortho intramolecular Hbond substituents is 1. The summed E-state index contributed by atoms with van der Waals surface area (Å²) in [5.74, 6) is 1.06. The monoisotopic (exact) mass is 478 g/mol. The largest absolute Gasteiger partial charge is 0.508 e. The number of fused-ring (bicyclic) bond motifs is 3. The van der Waals surface area contributed by atoms with Crippen LogP contribution in [0.3, 0.4) is 0 Å². The van der Waals surface area contributed by atoms with E-state index in [0.717, 1.165) is 57.6 Å². The first kappa shape index (κ1) is 19.7. The van der Waals surface area contributed by atoms with Gasteiger partial charge in [0.05, 0.1) is 11.1 Å². The topological polar surface area (TPSA) is 56.6 Å². The van der Waals surface area contributed by atoms with E-state index in [9.17, 15) is 10.2 Å². The molecular weight excluding hydrogens is 452 g/mol. The minimum absolute atomic E-state index is 0.260. The van der Waals surface area contributed by atoms with Crippen molar-refractivity contribution in [3.05, 3.63) is 69.8 Å². The predicted molar refractivity (Wildman–Crippen MR) is 125 cm³/mol. The van der Waals surface area contributed by atoms with Gasteiger partial charge in [-0.2, -0.15) is 0 Å². The third kappa shape index (κ3) is 3.29. The van der Waals surface area contributed by atoms with Crippen molar-refractivity contribution < 1.29 is 10.2 Å².